The van der Waals surface area contributed by atoms with Gasteiger partial charge in [0.15, 0.2) is 0 Å². The van der Waals surface area contributed by atoms with Gasteiger partial charge in [0.2, 0.25) is 0 Å². The maximum atomic E-state index is 10.9. The number of carboxylic acid groups (broad SMARTS) is 2. The highest BCUT2D eigenvalue weighted by Gasteiger charge is 2.23. The molecule has 0 radical (unpaired) electrons. The number of halogens is 1. The maximum absolute atomic E-state index is 10.9. The zero-order valence-corrected chi connectivity index (χ0v) is 10.6. The lowest BCUT2D eigenvalue weighted by Gasteiger charge is -2.18. The third-order valence-electron chi connectivity index (χ3n) is 2.54. The highest BCUT2D eigenvalue weighted by Crippen LogP contribution is 2.23. The van der Waals surface area contributed by atoms with Gasteiger partial charge in [-0.25, -0.2) is 4.79 Å². The van der Waals surface area contributed by atoms with Gasteiger partial charge < -0.3 is 15.9 Å². The molecular weight excluding hydrogens is 246 g/mol. The minimum Gasteiger partial charge on any atom is -0.481 e. The number of aliphatic carboxylic acids is 2. The number of rotatable bonds is 7. The van der Waals surface area contributed by atoms with Crippen molar-refractivity contribution in [2.45, 2.75) is 32.7 Å². The summed E-state index contributed by atoms with van der Waals surface area (Å²) in [4.78, 5) is 21.4. The van der Waals surface area contributed by atoms with E-state index in [9.17, 15) is 9.59 Å². The van der Waals surface area contributed by atoms with E-state index < -0.39 is 17.9 Å². The summed E-state index contributed by atoms with van der Waals surface area (Å²) < 4.78 is 0. The molecule has 0 spiro atoms. The summed E-state index contributed by atoms with van der Waals surface area (Å²) in [6.45, 7) is 3.88. The lowest BCUT2D eigenvalue weighted by Crippen LogP contribution is -2.28. The minimum absolute atomic E-state index is 0.119. The minimum atomic E-state index is -1.26. The zero-order valence-electron chi connectivity index (χ0n) is 9.89. The summed E-state index contributed by atoms with van der Waals surface area (Å²) in [6.07, 6.45) is 1.43. The molecule has 0 saturated carbocycles. The summed E-state index contributed by atoms with van der Waals surface area (Å²) >= 11 is 5.66. The van der Waals surface area contributed by atoms with E-state index in [0.717, 1.165) is 0 Å². The highest BCUT2D eigenvalue weighted by molar-refractivity contribution is 6.32. The number of nitrogens with two attached hydrogens (primary N) is 1. The molecule has 0 unspecified atom stereocenters. The predicted molar refractivity (Wildman–Crippen MR) is 64.7 cm³/mol. The van der Waals surface area contributed by atoms with Gasteiger partial charge in [-0.15, -0.1) is 0 Å². The van der Waals surface area contributed by atoms with Crippen molar-refractivity contribution in [3.8, 4) is 0 Å². The normalized spacial score (nSPS) is 15.7. The molecule has 0 aromatic rings. The number of carboxylic acids is 2. The first-order valence-electron chi connectivity index (χ1n) is 5.34. The second kappa shape index (κ2) is 7.29. The Kier molecular flexibility index (Phi) is 6.83. The Labute approximate surface area is 105 Å². The fourth-order valence-electron chi connectivity index (χ4n) is 1.29. The molecule has 0 bridgehead atoms. The smallest absolute Gasteiger partial charge is 0.329 e. The average molecular weight is 264 g/mol. The first-order chi connectivity index (χ1) is 7.75. The Morgan fingerprint density at radius 2 is 1.82 bits per heavy atom. The van der Waals surface area contributed by atoms with Crippen molar-refractivity contribution in [1.82, 2.24) is 0 Å². The van der Waals surface area contributed by atoms with E-state index in [1.807, 2.05) is 13.8 Å². The van der Waals surface area contributed by atoms with Crippen LogP contribution in [0.2, 0.25) is 0 Å². The molecule has 5 nitrogen and oxygen atoms in total. The molecule has 0 aliphatic carbocycles. The van der Waals surface area contributed by atoms with Gasteiger partial charge in [-0.2, -0.15) is 0 Å². The van der Waals surface area contributed by atoms with Crippen LogP contribution >= 0.6 is 11.6 Å². The van der Waals surface area contributed by atoms with Crippen LogP contribution in [0, 0.1) is 11.8 Å². The molecule has 2 atom stereocenters. The SMILES string of the molecule is CC(C)[C@H](N)CC[C@H](C(=O)O)/C(Cl)=C/C(=O)O. The monoisotopic (exact) mass is 263 g/mol. The summed E-state index contributed by atoms with van der Waals surface area (Å²) in [6, 6.07) is -0.119. The van der Waals surface area contributed by atoms with Crippen molar-refractivity contribution >= 4 is 23.5 Å². The van der Waals surface area contributed by atoms with Gasteiger partial charge in [0.25, 0.3) is 0 Å². The van der Waals surface area contributed by atoms with E-state index >= 15 is 0 Å². The van der Waals surface area contributed by atoms with Crippen LogP contribution in [-0.4, -0.2) is 28.2 Å². The van der Waals surface area contributed by atoms with E-state index in [1.54, 1.807) is 0 Å². The van der Waals surface area contributed by atoms with E-state index in [1.165, 1.54) is 0 Å². The van der Waals surface area contributed by atoms with Crippen LogP contribution in [0.5, 0.6) is 0 Å². The molecule has 0 amide bonds. The molecule has 0 aliphatic rings. The zero-order chi connectivity index (χ0) is 13.6. The van der Waals surface area contributed by atoms with Gasteiger partial charge in [-0.1, -0.05) is 25.4 Å². The third kappa shape index (κ3) is 6.28. The van der Waals surface area contributed by atoms with Crippen LogP contribution in [-0.2, 0) is 9.59 Å². The van der Waals surface area contributed by atoms with Crippen LogP contribution in [0.3, 0.4) is 0 Å². The van der Waals surface area contributed by atoms with Gasteiger partial charge in [-0.05, 0) is 18.8 Å². The maximum Gasteiger partial charge on any atom is 0.329 e. The van der Waals surface area contributed by atoms with Crippen LogP contribution in [0.15, 0.2) is 11.1 Å². The molecule has 6 heteroatoms. The largest absolute Gasteiger partial charge is 0.481 e. The fourth-order valence-corrected chi connectivity index (χ4v) is 1.59. The van der Waals surface area contributed by atoms with Crippen molar-refractivity contribution < 1.29 is 19.8 Å². The van der Waals surface area contributed by atoms with Crippen molar-refractivity contribution in [1.29, 1.82) is 0 Å². The average Bonchev–Trinajstić information content (AvgIpc) is 2.15. The quantitative estimate of drug-likeness (QED) is 0.607. The van der Waals surface area contributed by atoms with Gasteiger partial charge in [-0.3, -0.25) is 4.79 Å². The Balaban J connectivity index is 4.56. The van der Waals surface area contributed by atoms with Crippen molar-refractivity contribution in [2.24, 2.45) is 17.6 Å². The van der Waals surface area contributed by atoms with Crippen molar-refractivity contribution in [3.05, 3.63) is 11.1 Å². The number of hydrogen-bond donors (Lipinski definition) is 3. The highest BCUT2D eigenvalue weighted by atomic mass is 35.5. The lowest BCUT2D eigenvalue weighted by atomic mass is 9.94. The Bertz CT molecular complexity index is 315. The molecule has 98 valence electrons. The topological polar surface area (TPSA) is 101 Å². The van der Waals surface area contributed by atoms with Crippen LogP contribution < -0.4 is 5.73 Å². The van der Waals surface area contributed by atoms with Gasteiger partial charge in [0, 0.05) is 17.2 Å². The summed E-state index contributed by atoms with van der Waals surface area (Å²) in [7, 11) is 0. The van der Waals surface area contributed by atoms with Crippen LogP contribution in [0.25, 0.3) is 0 Å². The molecule has 0 aromatic carbocycles. The van der Waals surface area contributed by atoms with Crippen LogP contribution in [0.1, 0.15) is 26.7 Å². The molecule has 0 aliphatic heterocycles. The Morgan fingerprint density at radius 1 is 1.29 bits per heavy atom. The summed E-state index contributed by atoms with van der Waals surface area (Å²) in [5, 5.41) is 17.3. The van der Waals surface area contributed by atoms with Crippen molar-refractivity contribution in [2.75, 3.05) is 0 Å². The molecule has 0 aromatic heterocycles. The van der Waals surface area contributed by atoms with Gasteiger partial charge in [0.05, 0.1) is 5.92 Å². The standard InChI is InChI=1S/C11H18ClNO4/c1-6(2)9(13)4-3-7(11(16)17)8(12)5-10(14)15/h5-7,9H,3-4,13H2,1-2H3,(H,14,15)(H,16,17)/b8-5-/t7-,9+/m0/s1. The predicted octanol–water partition coefficient (Wildman–Crippen LogP) is 1.66. The second-order valence-electron chi connectivity index (χ2n) is 4.24. The van der Waals surface area contributed by atoms with Gasteiger partial charge in [0.1, 0.15) is 0 Å². The fraction of sp³-hybridized carbons (Fsp3) is 0.636. The van der Waals surface area contributed by atoms with E-state index in [4.69, 9.17) is 27.5 Å². The molecule has 0 fully saturated rings. The summed E-state index contributed by atoms with van der Waals surface area (Å²) in [5.41, 5.74) is 5.79. The number of carbonyl (C=O) groups is 2. The lowest BCUT2D eigenvalue weighted by molar-refractivity contribution is -0.140. The second-order valence-corrected chi connectivity index (χ2v) is 4.68. The molecule has 17 heavy (non-hydrogen) atoms. The molecule has 0 heterocycles. The molecular formula is C11H18ClNO4. The summed E-state index contributed by atoms with van der Waals surface area (Å²) in [5.74, 6) is -3.15. The van der Waals surface area contributed by atoms with E-state index in [-0.39, 0.29) is 23.4 Å². The van der Waals surface area contributed by atoms with Crippen LogP contribution in [0.4, 0.5) is 0 Å². The first kappa shape index (κ1) is 15.9. The molecule has 0 rings (SSSR count). The Morgan fingerprint density at radius 3 is 2.18 bits per heavy atom. The molecule has 0 saturated heterocycles. The Hall–Kier alpha value is -1.07. The third-order valence-corrected chi connectivity index (χ3v) is 2.91. The van der Waals surface area contributed by atoms with Crippen molar-refractivity contribution in [3.63, 3.8) is 0 Å². The van der Waals surface area contributed by atoms with E-state index in [0.29, 0.717) is 12.5 Å². The number of hydrogen-bond acceptors (Lipinski definition) is 3. The van der Waals surface area contributed by atoms with Gasteiger partial charge >= 0.3 is 11.9 Å². The molecule has 4 N–H and O–H groups in total. The van der Waals surface area contributed by atoms with E-state index in [2.05, 4.69) is 0 Å². The first-order valence-corrected chi connectivity index (χ1v) is 5.71.